The first-order valence-electron chi connectivity index (χ1n) is 7.44. The summed E-state index contributed by atoms with van der Waals surface area (Å²) in [4.78, 5) is 18.3. The van der Waals surface area contributed by atoms with Crippen LogP contribution in [0.1, 0.15) is 24.1 Å². The van der Waals surface area contributed by atoms with Gasteiger partial charge in [-0.05, 0) is 25.1 Å². The second-order valence-electron chi connectivity index (χ2n) is 5.21. The van der Waals surface area contributed by atoms with Crippen molar-refractivity contribution in [2.24, 2.45) is 0 Å². The lowest BCUT2D eigenvalue weighted by molar-refractivity contribution is -0.128. The van der Waals surface area contributed by atoms with Crippen LogP contribution in [0.2, 0.25) is 0 Å². The highest BCUT2D eigenvalue weighted by Gasteiger charge is 2.20. The number of carbonyl (C=O) groups is 1. The van der Waals surface area contributed by atoms with Gasteiger partial charge in [-0.25, -0.2) is 4.98 Å². The van der Waals surface area contributed by atoms with Gasteiger partial charge in [0.1, 0.15) is 11.8 Å². The summed E-state index contributed by atoms with van der Waals surface area (Å²) in [5.41, 5.74) is 1.48. The first-order chi connectivity index (χ1) is 11.6. The Morgan fingerprint density at radius 3 is 2.75 bits per heavy atom. The minimum absolute atomic E-state index is 0.00423. The number of thioether (sulfide) groups is 1. The zero-order valence-electron chi connectivity index (χ0n) is 13.9. The Morgan fingerprint density at radius 1 is 1.38 bits per heavy atom. The van der Waals surface area contributed by atoms with Crippen LogP contribution in [-0.4, -0.2) is 35.7 Å². The zero-order valence-corrected chi connectivity index (χ0v) is 14.7. The van der Waals surface area contributed by atoms with E-state index in [0.717, 1.165) is 16.3 Å². The second-order valence-corrected chi connectivity index (χ2v) is 6.20. The summed E-state index contributed by atoms with van der Waals surface area (Å²) in [6.45, 7) is 1.97. The molecule has 0 radical (unpaired) electrons. The molecule has 0 spiro atoms. The Labute approximate surface area is 146 Å². The molecular formula is C18H19N3O2S. The van der Waals surface area contributed by atoms with E-state index in [9.17, 15) is 4.79 Å². The van der Waals surface area contributed by atoms with E-state index in [1.807, 2.05) is 37.3 Å². The fourth-order valence-electron chi connectivity index (χ4n) is 2.21. The van der Waals surface area contributed by atoms with Crippen molar-refractivity contribution in [3.05, 3.63) is 53.7 Å². The highest BCUT2D eigenvalue weighted by molar-refractivity contribution is 7.99. The quantitative estimate of drug-likeness (QED) is 0.754. The lowest BCUT2D eigenvalue weighted by atomic mass is 10.1. The standard InChI is InChI=1S/C18H19N3O2S/c1-13(15-6-4-5-7-16(15)23-3)21(2)18(22)12-24-17-9-8-14(10-19)11-20-17/h4-9,11,13H,12H2,1-3H3. The highest BCUT2D eigenvalue weighted by Crippen LogP contribution is 2.28. The summed E-state index contributed by atoms with van der Waals surface area (Å²) < 4.78 is 5.37. The van der Waals surface area contributed by atoms with Crippen LogP contribution in [0.5, 0.6) is 5.75 Å². The lowest BCUT2D eigenvalue weighted by Gasteiger charge is -2.26. The van der Waals surface area contributed by atoms with Gasteiger partial charge in [-0.2, -0.15) is 5.26 Å². The number of methoxy groups -OCH3 is 1. The predicted octanol–water partition coefficient (Wildman–Crippen LogP) is 3.27. The van der Waals surface area contributed by atoms with Gasteiger partial charge < -0.3 is 9.64 Å². The third kappa shape index (κ3) is 4.27. The van der Waals surface area contributed by atoms with Gasteiger partial charge in [0.15, 0.2) is 0 Å². The van der Waals surface area contributed by atoms with Crippen LogP contribution in [0.4, 0.5) is 0 Å². The van der Waals surface area contributed by atoms with Gasteiger partial charge in [0.25, 0.3) is 0 Å². The molecule has 2 rings (SSSR count). The topological polar surface area (TPSA) is 66.2 Å². The van der Waals surface area contributed by atoms with E-state index >= 15 is 0 Å². The van der Waals surface area contributed by atoms with E-state index in [4.69, 9.17) is 10.00 Å². The molecular weight excluding hydrogens is 322 g/mol. The number of para-hydroxylation sites is 1. The van der Waals surface area contributed by atoms with Gasteiger partial charge in [0.05, 0.1) is 29.5 Å². The number of nitrogens with zero attached hydrogens (tertiary/aromatic N) is 3. The molecule has 0 aliphatic rings. The van der Waals surface area contributed by atoms with Crippen LogP contribution in [0.15, 0.2) is 47.6 Å². The summed E-state index contributed by atoms with van der Waals surface area (Å²) in [7, 11) is 3.41. The number of aromatic nitrogens is 1. The first kappa shape index (κ1) is 17.8. The number of pyridine rings is 1. The minimum Gasteiger partial charge on any atom is -0.496 e. The van der Waals surface area contributed by atoms with Gasteiger partial charge in [0.2, 0.25) is 5.91 Å². The van der Waals surface area contributed by atoms with Crippen LogP contribution in [-0.2, 0) is 4.79 Å². The van der Waals surface area contributed by atoms with Crippen molar-refractivity contribution in [1.29, 1.82) is 5.26 Å². The first-order valence-corrected chi connectivity index (χ1v) is 8.43. The minimum atomic E-state index is -0.0943. The molecule has 0 saturated heterocycles. The van der Waals surface area contributed by atoms with Crippen LogP contribution in [0, 0.1) is 11.3 Å². The van der Waals surface area contributed by atoms with E-state index in [1.54, 1.807) is 31.2 Å². The lowest BCUT2D eigenvalue weighted by Crippen LogP contribution is -2.31. The number of amides is 1. The smallest absolute Gasteiger partial charge is 0.233 e. The fourth-order valence-corrected chi connectivity index (χ4v) is 2.97. The number of ether oxygens (including phenoxy) is 1. The highest BCUT2D eigenvalue weighted by atomic mass is 32.2. The van der Waals surface area contributed by atoms with Gasteiger partial charge in [-0.3, -0.25) is 4.79 Å². The zero-order chi connectivity index (χ0) is 17.5. The normalized spacial score (nSPS) is 11.4. The molecule has 1 aromatic carbocycles. The number of nitriles is 1. The molecule has 1 atom stereocenters. The van der Waals surface area contributed by atoms with Gasteiger partial charge in [0, 0.05) is 18.8 Å². The van der Waals surface area contributed by atoms with Gasteiger partial charge in [-0.15, -0.1) is 0 Å². The maximum atomic E-state index is 12.4. The molecule has 1 unspecified atom stereocenters. The average Bonchev–Trinajstić information content (AvgIpc) is 2.65. The van der Waals surface area contributed by atoms with Crippen molar-refractivity contribution in [2.45, 2.75) is 18.0 Å². The Morgan fingerprint density at radius 2 is 2.12 bits per heavy atom. The molecule has 24 heavy (non-hydrogen) atoms. The van der Waals surface area contributed by atoms with Crippen LogP contribution in [0.3, 0.4) is 0 Å². The number of carbonyl (C=O) groups excluding carboxylic acids is 1. The van der Waals surface area contributed by atoms with Gasteiger partial charge >= 0.3 is 0 Å². The molecule has 0 bridgehead atoms. The summed E-state index contributed by atoms with van der Waals surface area (Å²) in [5.74, 6) is 1.06. The maximum absolute atomic E-state index is 12.4. The maximum Gasteiger partial charge on any atom is 0.233 e. The summed E-state index contributed by atoms with van der Waals surface area (Å²) >= 11 is 1.36. The molecule has 0 saturated carbocycles. The molecule has 2 aromatic rings. The molecule has 1 amide bonds. The van der Waals surface area contributed by atoms with Gasteiger partial charge in [-0.1, -0.05) is 30.0 Å². The van der Waals surface area contributed by atoms with Crippen molar-refractivity contribution in [3.8, 4) is 11.8 Å². The van der Waals surface area contributed by atoms with Crippen molar-refractivity contribution in [2.75, 3.05) is 19.9 Å². The average molecular weight is 341 g/mol. The largest absolute Gasteiger partial charge is 0.496 e. The Hall–Kier alpha value is -2.52. The number of benzene rings is 1. The predicted molar refractivity (Wildman–Crippen MR) is 93.9 cm³/mol. The van der Waals surface area contributed by atoms with Crippen LogP contribution < -0.4 is 4.74 Å². The van der Waals surface area contributed by atoms with Crippen LogP contribution >= 0.6 is 11.8 Å². The number of rotatable bonds is 6. The summed E-state index contributed by atoms with van der Waals surface area (Å²) in [6.07, 6.45) is 1.51. The Bertz CT molecular complexity index is 741. The molecule has 0 aliphatic heterocycles. The monoisotopic (exact) mass is 341 g/mol. The van der Waals surface area contributed by atoms with E-state index in [-0.39, 0.29) is 17.7 Å². The molecule has 0 aliphatic carbocycles. The molecule has 1 aromatic heterocycles. The van der Waals surface area contributed by atoms with E-state index < -0.39 is 0 Å². The van der Waals surface area contributed by atoms with Crippen molar-refractivity contribution in [3.63, 3.8) is 0 Å². The molecule has 6 heteroatoms. The van der Waals surface area contributed by atoms with Crippen LogP contribution in [0.25, 0.3) is 0 Å². The third-order valence-electron chi connectivity index (χ3n) is 3.77. The van der Waals surface area contributed by atoms with Crippen molar-refractivity contribution < 1.29 is 9.53 Å². The van der Waals surface area contributed by atoms with E-state index in [1.165, 1.54) is 18.0 Å². The molecule has 0 fully saturated rings. The molecule has 124 valence electrons. The van der Waals surface area contributed by atoms with E-state index in [0.29, 0.717) is 5.56 Å². The Balaban J connectivity index is 1.99. The fraction of sp³-hybridized carbons (Fsp3) is 0.278. The van der Waals surface area contributed by atoms with Crippen molar-refractivity contribution in [1.82, 2.24) is 9.88 Å². The SMILES string of the molecule is COc1ccccc1C(C)N(C)C(=O)CSc1ccc(C#N)cn1. The Kier molecular flexibility index (Phi) is 6.21. The number of hydrogen-bond acceptors (Lipinski definition) is 5. The summed E-state index contributed by atoms with van der Waals surface area (Å²) in [5, 5.41) is 9.49. The van der Waals surface area contributed by atoms with Crippen molar-refractivity contribution >= 4 is 17.7 Å². The molecule has 5 nitrogen and oxygen atoms in total. The second kappa shape index (κ2) is 8.37. The van der Waals surface area contributed by atoms with E-state index in [2.05, 4.69) is 4.98 Å². The third-order valence-corrected chi connectivity index (χ3v) is 4.70. The summed E-state index contributed by atoms with van der Waals surface area (Å²) in [6, 6.07) is 13.1. The number of hydrogen-bond donors (Lipinski definition) is 0. The molecule has 1 heterocycles. The molecule has 0 N–H and O–H groups in total.